The number of nitriles is 1. The number of nitrogens with zero attached hydrogens (tertiary/aromatic N) is 1. The van der Waals surface area contributed by atoms with Gasteiger partial charge in [-0.2, -0.15) is 5.26 Å². The number of carboxylic acid groups (broad SMARTS) is 1. The molecule has 0 fully saturated rings. The predicted octanol–water partition coefficient (Wildman–Crippen LogP) is 2.86. The van der Waals surface area contributed by atoms with Crippen LogP contribution in [-0.2, 0) is 28.7 Å². The number of unbranched alkanes of at least 4 members (excludes halogenated alkanes) is 1. The number of aliphatic carboxylic acids is 1. The molecule has 0 bridgehead atoms. The highest BCUT2D eigenvalue weighted by molar-refractivity contribution is 5.85. The highest BCUT2D eigenvalue weighted by atomic mass is 16.5. The van der Waals surface area contributed by atoms with Gasteiger partial charge in [0.05, 0.1) is 19.3 Å². The fourth-order valence-electron chi connectivity index (χ4n) is 0.577. The smallest absolute Gasteiger partial charge is 0.330 e. The maximum atomic E-state index is 10.3. The molecule has 0 heterocycles. The molecule has 0 aliphatic heterocycles. The molecular weight excluding hydrogens is 392 g/mol. The number of allylic oxidation sites excluding steroid dienone is 1. The minimum absolute atomic E-state index is 0.330. The highest BCUT2D eigenvalue weighted by Gasteiger charge is 1.91. The molecule has 0 aliphatic rings. The molecule has 1 amide bonds. The molecule has 30 heavy (non-hydrogen) atoms. The van der Waals surface area contributed by atoms with Crippen molar-refractivity contribution < 1.29 is 33.8 Å². The van der Waals surface area contributed by atoms with Crippen LogP contribution in [0.5, 0.6) is 0 Å². The summed E-state index contributed by atoms with van der Waals surface area (Å²) in [5, 5.41) is 15.1. The molecule has 0 atom stereocenters. The third kappa shape index (κ3) is 75.0. The summed E-state index contributed by atoms with van der Waals surface area (Å²) in [7, 11) is 0. The normalized spacial score (nSPS) is 6.97. The molecule has 9 nitrogen and oxygen atoms in total. The van der Waals surface area contributed by atoms with E-state index < -0.39 is 11.9 Å². The van der Waals surface area contributed by atoms with Crippen molar-refractivity contribution in [2.24, 2.45) is 5.73 Å². The average molecular weight is 424 g/mol. The molecule has 0 aromatic rings. The molecule has 0 rings (SSSR count). The molecule has 9 heteroatoms. The molecule has 0 aromatic carbocycles. The molecule has 0 radical (unpaired) electrons. The topological polar surface area (TPSA) is 157 Å². The van der Waals surface area contributed by atoms with Crippen molar-refractivity contribution in [3.63, 3.8) is 0 Å². The zero-order valence-electron chi connectivity index (χ0n) is 17.7. The molecule has 168 valence electrons. The van der Waals surface area contributed by atoms with Gasteiger partial charge in [0, 0.05) is 24.3 Å². The average Bonchev–Trinajstić information content (AvgIpc) is 2.75. The van der Waals surface area contributed by atoms with Gasteiger partial charge in [-0.15, -0.1) is 0 Å². The second-order valence-electron chi connectivity index (χ2n) is 4.16. The van der Waals surface area contributed by atoms with E-state index >= 15 is 0 Å². The van der Waals surface area contributed by atoms with Crippen molar-refractivity contribution in [3.05, 3.63) is 63.3 Å². The van der Waals surface area contributed by atoms with E-state index in [2.05, 4.69) is 48.1 Å². The van der Waals surface area contributed by atoms with E-state index in [1.807, 2.05) is 6.92 Å². The fourth-order valence-corrected chi connectivity index (χ4v) is 0.577. The number of carboxylic acids is 1. The lowest BCUT2D eigenvalue weighted by atomic mass is 10.4. The van der Waals surface area contributed by atoms with Crippen molar-refractivity contribution in [2.75, 3.05) is 13.2 Å². The van der Waals surface area contributed by atoms with Gasteiger partial charge in [-0.3, -0.25) is 4.79 Å². The first-order valence-electron chi connectivity index (χ1n) is 8.44. The minimum atomic E-state index is -0.981. The standard InChI is InChI=1S/C7H12O2.C5H8O2.C3H5NO.C3H3N.C3H4O2/c1-3-5-6-9-7(8)4-2;1-3-5(6)7-4-2;1-2-3(4)5;1-2-3-4;1-2-3(4)5/h4H,2-3,5-6H2,1H3;3H,1,4H2,2H3;2H,1H2,(H2,4,5);2H,1H2;2H,1H2,(H,4,5). The summed E-state index contributed by atoms with van der Waals surface area (Å²) in [6.07, 6.45) is 7.36. The van der Waals surface area contributed by atoms with E-state index in [-0.39, 0.29) is 11.9 Å². The Kier molecular flexibility index (Phi) is 44.4. The van der Waals surface area contributed by atoms with Crippen LogP contribution in [0.3, 0.4) is 0 Å². The van der Waals surface area contributed by atoms with Gasteiger partial charge >= 0.3 is 17.9 Å². The van der Waals surface area contributed by atoms with Crippen LogP contribution in [0.15, 0.2) is 63.3 Å². The second-order valence-corrected chi connectivity index (χ2v) is 4.16. The van der Waals surface area contributed by atoms with Gasteiger partial charge in [-0.05, 0) is 19.4 Å². The lowest BCUT2D eigenvalue weighted by Crippen LogP contribution is -2.04. The molecule has 0 aliphatic carbocycles. The fraction of sp³-hybridized carbons (Fsp3) is 0.286. The van der Waals surface area contributed by atoms with Crippen molar-refractivity contribution in [1.29, 1.82) is 5.26 Å². The first-order valence-corrected chi connectivity index (χ1v) is 8.44. The van der Waals surface area contributed by atoms with E-state index in [0.29, 0.717) is 13.2 Å². The van der Waals surface area contributed by atoms with E-state index in [4.69, 9.17) is 10.4 Å². The van der Waals surface area contributed by atoms with Gasteiger partial charge in [-0.1, -0.05) is 46.2 Å². The Labute approximate surface area is 178 Å². The third-order valence-electron chi connectivity index (χ3n) is 1.83. The molecule has 0 aromatic heterocycles. The molecular formula is C21H32N2O7. The van der Waals surface area contributed by atoms with Gasteiger partial charge in [0.25, 0.3) is 0 Å². The van der Waals surface area contributed by atoms with Crippen LogP contribution < -0.4 is 5.73 Å². The first kappa shape index (κ1) is 36.9. The summed E-state index contributed by atoms with van der Waals surface area (Å²) in [4.78, 5) is 39.1. The van der Waals surface area contributed by atoms with E-state index in [0.717, 1.165) is 31.1 Å². The Morgan fingerprint density at radius 3 is 1.47 bits per heavy atom. The SMILES string of the molecule is C=CC#N.C=CC(=O)O.C=CC(=O)OCC.C=CC(=O)OCCCC.C=CC(N)=O. The molecule has 0 saturated heterocycles. The van der Waals surface area contributed by atoms with Gasteiger partial charge in [0.1, 0.15) is 0 Å². The Bertz CT molecular complexity index is 558. The van der Waals surface area contributed by atoms with Crippen molar-refractivity contribution in [1.82, 2.24) is 0 Å². The largest absolute Gasteiger partial charge is 0.478 e. The zero-order chi connectivity index (χ0) is 24.8. The minimum Gasteiger partial charge on any atom is -0.478 e. The van der Waals surface area contributed by atoms with Crippen LogP contribution in [0.25, 0.3) is 0 Å². The third-order valence-corrected chi connectivity index (χ3v) is 1.83. The van der Waals surface area contributed by atoms with Crippen LogP contribution in [-0.4, -0.2) is 42.1 Å². The van der Waals surface area contributed by atoms with Gasteiger partial charge in [-0.25, -0.2) is 14.4 Å². The first-order chi connectivity index (χ1) is 14.1. The summed E-state index contributed by atoms with van der Waals surface area (Å²) in [5.74, 6) is -2.15. The molecule has 0 unspecified atom stereocenters. The van der Waals surface area contributed by atoms with E-state index in [9.17, 15) is 19.2 Å². The number of ether oxygens (including phenoxy) is 2. The second kappa shape index (κ2) is 36.1. The van der Waals surface area contributed by atoms with Crippen LogP contribution in [0.1, 0.15) is 26.7 Å². The Balaban J connectivity index is -0.0000000898. The zero-order valence-corrected chi connectivity index (χ0v) is 17.7. The maximum Gasteiger partial charge on any atom is 0.330 e. The van der Waals surface area contributed by atoms with Crippen molar-refractivity contribution in [2.45, 2.75) is 26.7 Å². The van der Waals surface area contributed by atoms with Crippen LogP contribution in [0.4, 0.5) is 0 Å². The lowest BCUT2D eigenvalue weighted by molar-refractivity contribution is -0.138. The number of rotatable bonds is 8. The summed E-state index contributed by atoms with van der Waals surface area (Å²) < 4.78 is 9.11. The summed E-state index contributed by atoms with van der Waals surface area (Å²) >= 11 is 0. The number of hydrogen-bond acceptors (Lipinski definition) is 7. The van der Waals surface area contributed by atoms with Gasteiger partial charge < -0.3 is 20.3 Å². The van der Waals surface area contributed by atoms with Crippen molar-refractivity contribution >= 4 is 23.8 Å². The summed E-state index contributed by atoms with van der Waals surface area (Å²) in [5.41, 5.74) is 4.53. The number of carbonyl (C=O) groups is 4. The number of nitrogens with two attached hydrogens (primary N) is 1. The number of primary amides is 1. The van der Waals surface area contributed by atoms with Gasteiger partial charge in [0.15, 0.2) is 0 Å². The lowest BCUT2D eigenvalue weighted by Gasteiger charge is -1.97. The number of amides is 1. The highest BCUT2D eigenvalue weighted by Crippen LogP contribution is 1.88. The predicted molar refractivity (Wildman–Crippen MR) is 116 cm³/mol. The monoisotopic (exact) mass is 424 g/mol. The van der Waals surface area contributed by atoms with Crippen LogP contribution >= 0.6 is 0 Å². The maximum absolute atomic E-state index is 10.3. The molecule has 0 saturated carbocycles. The van der Waals surface area contributed by atoms with Gasteiger partial charge in [0.2, 0.25) is 5.91 Å². The van der Waals surface area contributed by atoms with Crippen LogP contribution in [0, 0.1) is 11.3 Å². The Hall–Kier alpha value is -3.93. The Morgan fingerprint density at radius 1 is 0.933 bits per heavy atom. The number of esters is 2. The van der Waals surface area contributed by atoms with Crippen molar-refractivity contribution in [3.8, 4) is 6.07 Å². The molecule has 0 spiro atoms. The summed E-state index contributed by atoms with van der Waals surface area (Å²) in [6.45, 7) is 20.4. The number of hydrogen-bond donors (Lipinski definition) is 2. The quantitative estimate of drug-likeness (QED) is 0.260. The van der Waals surface area contributed by atoms with E-state index in [1.54, 1.807) is 13.0 Å². The molecule has 3 N–H and O–H groups in total. The van der Waals surface area contributed by atoms with E-state index in [1.165, 1.54) is 12.2 Å². The Morgan fingerprint density at radius 2 is 1.30 bits per heavy atom. The van der Waals surface area contributed by atoms with Crippen LogP contribution in [0.2, 0.25) is 0 Å². The number of carbonyl (C=O) groups excluding carboxylic acids is 3. The summed E-state index contributed by atoms with van der Waals surface area (Å²) in [6, 6.07) is 1.69.